The van der Waals surface area contributed by atoms with Crippen LogP contribution in [-0.4, -0.2) is 69.0 Å². The lowest BCUT2D eigenvalue weighted by molar-refractivity contribution is 0.0241. The normalized spacial score (nSPS) is 16.4. The van der Waals surface area contributed by atoms with Crippen LogP contribution >= 0.6 is 24.0 Å². The molecule has 178 valence electrons. The lowest BCUT2D eigenvalue weighted by atomic mass is 9.89. The second kappa shape index (κ2) is 13.8. The summed E-state index contributed by atoms with van der Waals surface area (Å²) in [6.07, 6.45) is 3.96. The number of rotatable bonds is 8. The molecule has 1 aromatic heterocycles. The molecule has 1 saturated heterocycles. The van der Waals surface area contributed by atoms with Crippen molar-refractivity contribution in [1.29, 1.82) is 0 Å². The topological polar surface area (TPSA) is 88.3 Å². The van der Waals surface area contributed by atoms with Gasteiger partial charge in [-0.3, -0.25) is 4.99 Å². The highest BCUT2D eigenvalue weighted by molar-refractivity contribution is 14.0. The average molecular weight is 550 g/mol. The Labute approximate surface area is 203 Å². The molecule has 1 atom stereocenters. The summed E-state index contributed by atoms with van der Waals surface area (Å²) in [6.45, 7) is 11.3. The lowest BCUT2D eigenvalue weighted by Crippen LogP contribution is -2.50. The monoisotopic (exact) mass is 550 g/mol. The summed E-state index contributed by atoms with van der Waals surface area (Å²) in [5.41, 5.74) is 0.00249. The maximum atomic E-state index is 11.9. The molecule has 1 aromatic rings. The van der Waals surface area contributed by atoms with E-state index in [0.29, 0.717) is 32.8 Å². The zero-order valence-electron chi connectivity index (χ0n) is 19.5. The van der Waals surface area contributed by atoms with Gasteiger partial charge in [-0.1, -0.05) is 20.8 Å². The first kappa shape index (κ1) is 27.5. The van der Waals surface area contributed by atoms with Crippen LogP contribution in [0.15, 0.2) is 27.8 Å². The number of amides is 1. The summed E-state index contributed by atoms with van der Waals surface area (Å²) in [5, 5.41) is 6.94. The van der Waals surface area contributed by atoms with Crippen molar-refractivity contribution in [3.8, 4) is 0 Å². The van der Waals surface area contributed by atoms with Gasteiger partial charge in [0.15, 0.2) is 5.96 Å². The third-order valence-electron chi connectivity index (χ3n) is 5.27. The molecule has 2 heterocycles. The zero-order chi connectivity index (χ0) is 22.0. The Morgan fingerprint density at radius 3 is 2.61 bits per heavy atom. The fraction of sp³-hybridized carbons (Fsp3) is 0.727. The fourth-order valence-electron chi connectivity index (χ4n) is 3.40. The van der Waals surface area contributed by atoms with E-state index < -0.39 is 0 Å². The molecule has 2 rings (SSSR count). The highest BCUT2D eigenvalue weighted by Crippen LogP contribution is 2.22. The first-order chi connectivity index (χ1) is 14.3. The van der Waals surface area contributed by atoms with Crippen LogP contribution in [0.4, 0.5) is 4.79 Å². The minimum absolute atomic E-state index is 0. The maximum Gasteiger partial charge on any atom is 0.409 e. The number of nitrogens with zero attached hydrogens (tertiary/aromatic N) is 2. The van der Waals surface area contributed by atoms with Crippen molar-refractivity contribution in [3.05, 3.63) is 24.2 Å². The number of ether oxygens (including phenoxy) is 2. The van der Waals surface area contributed by atoms with Gasteiger partial charge in [-0.15, -0.1) is 24.0 Å². The fourth-order valence-corrected chi connectivity index (χ4v) is 3.40. The number of guanidine groups is 1. The van der Waals surface area contributed by atoms with Crippen LogP contribution in [-0.2, 0) is 15.9 Å². The van der Waals surface area contributed by atoms with Crippen molar-refractivity contribution in [3.63, 3.8) is 0 Å². The van der Waals surface area contributed by atoms with Gasteiger partial charge >= 0.3 is 6.09 Å². The largest absolute Gasteiger partial charge is 0.469 e. The second-order valence-electron chi connectivity index (χ2n) is 8.64. The molecule has 0 aliphatic carbocycles. The average Bonchev–Trinajstić information content (AvgIpc) is 3.21. The van der Waals surface area contributed by atoms with Crippen LogP contribution in [0, 0.1) is 5.41 Å². The number of aliphatic imine (C=N–C) groups is 1. The molecule has 1 aliphatic heterocycles. The SMILES string of the molecule is CCOC(=O)N1CCC(NC(=NCC(OC)C(C)(C)C)NCCc2ccco2)CC1.I. The van der Waals surface area contributed by atoms with E-state index in [2.05, 4.69) is 31.4 Å². The van der Waals surface area contributed by atoms with Gasteiger partial charge in [0.05, 0.1) is 25.5 Å². The molecule has 31 heavy (non-hydrogen) atoms. The van der Waals surface area contributed by atoms with E-state index in [-0.39, 0.29) is 47.6 Å². The molecule has 0 bridgehead atoms. The van der Waals surface area contributed by atoms with Crippen LogP contribution in [0.1, 0.15) is 46.3 Å². The Kier molecular flexibility index (Phi) is 12.3. The molecule has 9 heteroatoms. The van der Waals surface area contributed by atoms with E-state index in [1.807, 2.05) is 19.1 Å². The van der Waals surface area contributed by atoms with Crippen LogP contribution in [0.2, 0.25) is 0 Å². The lowest BCUT2D eigenvalue weighted by Gasteiger charge is -2.33. The third-order valence-corrected chi connectivity index (χ3v) is 5.27. The summed E-state index contributed by atoms with van der Waals surface area (Å²) in [7, 11) is 1.73. The summed E-state index contributed by atoms with van der Waals surface area (Å²) < 4.78 is 16.2. The highest BCUT2D eigenvalue weighted by Gasteiger charge is 2.26. The Morgan fingerprint density at radius 1 is 1.35 bits per heavy atom. The van der Waals surface area contributed by atoms with Gasteiger partial charge in [0, 0.05) is 39.2 Å². The van der Waals surface area contributed by atoms with Gasteiger partial charge in [-0.25, -0.2) is 4.79 Å². The van der Waals surface area contributed by atoms with Crippen LogP contribution in [0.3, 0.4) is 0 Å². The second-order valence-corrected chi connectivity index (χ2v) is 8.64. The van der Waals surface area contributed by atoms with Gasteiger partial charge in [-0.2, -0.15) is 0 Å². The van der Waals surface area contributed by atoms with Crippen LogP contribution < -0.4 is 10.6 Å². The molecular formula is C22H39IN4O4. The Bertz CT molecular complexity index is 653. The standard InChI is InChI=1S/C22H38N4O4.HI/c1-6-29-21(27)26-13-10-17(11-14-26)25-20(23-12-9-18-8-7-15-30-18)24-16-19(28-5)22(2,3)4;/h7-8,15,17,19H,6,9-14,16H2,1-5H3,(H2,23,24,25);1H. The van der Waals surface area contributed by atoms with E-state index in [1.54, 1.807) is 18.3 Å². The van der Waals surface area contributed by atoms with Gasteiger partial charge in [0.25, 0.3) is 0 Å². The first-order valence-electron chi connectivity index (χ1n) is 10.8. The maximum absolute atomic E-state index is 11.9. The number of carbonyl (C=O) groups is 1. The molecule has 1 aliphatic rings. The predicted molar refractivity (Wildman–Crippen MR) is 133 cm³/mol. The Hall–Kier alpha value is -1.49. The summed E-state index contributed by atoms with van der Waals surface area (Å²) in [5.74, 6) is 1.71. The van der Waals surface area contributed by atoms with E-state index in [9.17, 15) is 4.79 Å². The van der Waals surface area contributed by atoms with Crippen molar-refractivity contribution in [2.75, 3.05) is 39.9 Å². The Morgan fingerprint density at radius 2 is 2.06 bits per heavy atom. The molecule has 0 spiro atoms. The number of hydrogen-bond donors (Lipinski definition) is 2. The Balaban J connectivity index is 0.00000480. The number of carbonyl (C=O) groups excluding carboxylic acids is 1. The number of nitrogens with one attached hydrogen (secondary N) is 2. The van der Waals surface area contributed by atoms with Crippen molar-refractivity contribution >= 4 is 36.0 Å². The minimum Gasteiger partial charge on any atom is -0.469 e. The quantitative estimate of drug-likeness (QED) is 0.292. The molecule has 8 nitrogen and oxygen atoms in total. The molecule has 1 amide bonds. The number of furan rings is 1. The molecule has 0 saturated carbocycles. The third kappa shape index (κ3) is 9.67. The van der Waals surface area contributed by atoms with Gasteiger partial charge < -0.3 is 29.4 Å². The van der Waals surface area contributed by atoms with E-state index in [0.717, 1.165) is 31.0 Å². The van der Waals surface area contributed by atoms with Crippen LogP contribution in [0.25, 0.3) is 0 Å². The number of likely N-dealkylation sites (tertiary alicyclic amines) is 1. The summed E-state index contributed by atoms with van der Waals surface area (Å²) in [4.78, 5) is 18.5. The summed E-state index contributed by atoms with van der Waals surface area (Å²) >= 11 is 0. The number of methoxy groups -OCH3 is 1. The molecular weight excluding hydrogens is 511 g/mol. The van der Waals surface area contributed by atoms with Crippen molar-refractivity contribution in [1.82, 2.24) is 15.5 Å². The van der Waals surface area contributed by atoms with Crippen LogP contribution in [0.5, 0.6) is 0 Å². The molecule has 2 N–H and O–H groups in total. The number of hydrogen-bond acceptors (Lipinski definition) is 5. The van der Waals surface area contributed by atoms with E-state index in [1.165, 1.54) is 0 Å². The number of halogens is 1. The molecule has 0 radical (unpaired) electrons. The molecule has 1 unspecified atom stereocenters. The van der Waals surface area contributed by atoms with Gasteiger partial charge in [0.2, 0.25) is 0 Å². The highest BCUT2D eigenvalue weighted by atomic mass is 127. The van der Waals surface area contributed by atoms with Gasteiger partial charge in [0.1, 0.15) is 5.76 Å². The van der Waals surface area contributed by atoms with Gasteiger partial charge in [-0.05, 0) is 37.3 Å². The zero-order valence-corrected chi connectivity index (χ0v) is 21.8. The summed E-state index contributed by atoms with van der Waals surface area (Å²) in [6, 6.07) is 4.12. The first-order valence-corrected chi connectivity index (χ1v) is 10.8. The van der Waals surface area contributed by atoms with E-state index >= 15 is 0 Å². The van der Waals surface area contributed by atoms with Crippen molar-refractivity contribution < 1.29 is 18.7 Å². The molecule has 0 aromatic carbocycles. The predicted octanol–water partition coefficient (Wildman–Crippen LogP) is 3.66. The smallest absolute Gasteiger partial charge is 0.409 e. The van der Waals surface area contributed by atoms with E-state index in [4.69, 9.17) is 18.9 Å². The molecule has 1 fully saturated rings. The minimum atomic E-state index is -0.227. The number of piperidine rings is 1. The van der Waals surface area contributed by atoms with Crippen molar-refractivity contribution in [2.45, 2.75) is 59.1 Å². The van der Waals surface area contributed by atoms with Crippen molar-refractivity contribution in [2.24, 2.45) is 10.4 Å².